The zero-order valence-corrected chi connectivity index (χ0v) is 16.4. The molecule has 28 heavy (non-hydrogen) atoms. The van der Waals surface area contributed by atoms with Crippen LogP contribution in [0.2, 0.25) is 0 Å². The highest BCUT2D eigenvalue weighted by Gasteiger charge is 2.19. The number of nitrogens with zero attached hydrogens (tertiary/aromatic N) is 7. The van der Waals surface area contributed by atoms with Crippen molar-refractivity contribution in [3.63, 3.8) is 0 Å². The van der Waals surface area contributed by atoms with Crippen LogP contribution in [0.25, 0.3) is 0 Å². The van der Waals surface area contributed by atoms with Crippen LogP contribution in [0, 0.1) is 0 Å². The van der Waals surface area contributed by atoms with Crippen molar-refractivity contribution in [3.8, 4) is 0 Å². The van der Waals surface area contributed by atoms with Crippen LogP contribution >= 0.6 is 0 Å². The van der Waals surface area contributed by atoms with Gasteiger partial charge in [0.25, 0.3) is 0 Å². The number of hydrogen-bond donors (Lipinski definition) is 2. The second-order valence-corrected chi connectivity index (χ2v) is 6.44. The number of hydrogen-bond acceptors (Lipinski definition) is 9. The highest BCUT2D eigenvalue weighted by atomic mass is 16.2. The number of aromatic nitrogens is 5. The highest BCUT2D eigenvalue weighted by molar-refractivity contribution is 5.78. The number of anilines is 4. The lowest BCUT2D eigenvalue weighted by Crippen LogP contribution is -2.27. The predicted octanol–water partition coefficient (Wildman–Crippen LogP) is 1.68. The summed E-state index contributed by atoms with van der Waals surface area (Å²) in [7, 11) is 0. The van der Waals surface area contributed by atoms with Crippen LogP contribution in [0.5, 0.6) is 0 Å². The molecule has 3 rings (SSSR count). The Morgan fingerprint density at radius 1 is 1.18 bits per heavy atom. The van der Waals surface area contributed by atoms with Gasteiger partial charge in [0.05, 0.1) is 0 Å². The van der Waals surface area contributed by atoms with E-state index in [2.05, 4.69) is 54.3 Å². The molecule has 1 amide bonds. The normalized spacial score (nSPS) is 13.6. The van der Waals surface area contributed by atoms with Crippen molar-refractivity contribution < 1.29 is 4.79 Å². The van der Waals surface area contributed by atoms with Gasteiger partial charge in [0.2, 0.25) is 23.8 Å². The monoisotopic (exact) mass is 385 g/mol. The molecular formula is C18H27N9O. The summed E-state index contributed by atoms with van der Waals surface area (Å²) in [5, 5.41) is 6.35. The fourth-order valence-corrected chi connectivity index (χ4v) is 3.04. The topological polar surface area (TPSA) is 112 Å². The maximum Gasteiger partial charge on any atom is 0.235 e. The molecule has 0 saturated carbocycles. The second kappa shape index (κ2) is 9.77. The first-order chi connectivity index (χ1) is 13.7. The average molecular weight is 385 g/mol. The van der Waals surface area contributed by atoms with Crippen molar-refractivity contribution in [1.29, 1.82) is 0 Å². The smallest absolute Gasteiger partial charge is 0.235 e. The first-order valence-corrected chi connectivity index (χ1v) is 9.75. The van der Waals surface area contributed by atoms with Crippen LogP contribution in [0.15, 0.2) is 18.6 Å². The summed E-state index contributed by atoms with van der Waals surface area (Å²) >= 11 is 0. The van der Waals surface area contributed by atoms with Gasteiger partial charge in [-0.15, -0.1) is 0 Å². The van der Waals surface area contributed by atoms with Crippen molar-refractivity contribution in [2.24, 2.45) is 0 Å². The standard InChI is InChI=1S/C18H27N9O/c1-3-26(4-2)18-24-16(20-9-6-12-27-11-5-7-15(27)28)23-17(25-18)22-14-8-10-19-13-21-14/h8,10,13H,3-7,9,11-12H2,1-2H3,(H2,19,20,21,22,23,24,25). The van der Waals surface area contributed by atoms with Crippen molar-refractivity contribution in [3.05, 3.63) is 18.6 Å². The molecule has 0 aliphatic carbocycles. The van der Waals surface area contributed by atoms with Crippen LogP contribution in [-0.4, -0.2) is 68.5 Å². The van der Waals surface area contributed by atoms with E-state index in [9.17, 15) is 4.79 Å². The SMILES string of the molecule is CCN(CC)c1nc(NCCCN2CCCC2=O)nc(Nc2ccncn2)n1. The molecule has 10 heteroatoms. The number of carbonyl (C=O) groups is 1. The van der Waals surface area contributed by atoms with Gasteiger partial charge in [0, 0.05) is 45.3 Å². The maximum absolute atomic E-state index is 11.7. The second-order valence-electron chi connectivity index (χ2n) is 6.44. The Morgan fingerprint density at radius 2 is 2.00 bits per heavy atom. The molecule has 0 bridgehead atoms. The molecule has 10 nitrogen and oxygen atoms in total. The molecule has 2 aromatic heterocycles. The Bertz CT molecular complexity index is 767. The number of carbonyl (C=O) groups excluding carboxylic acids is 1. The van der Waals surface area contributed by atoms with E-state index >= 15 is 0 Å². The molecule has 0 radical (unpaired) electrons. The van der Waals surface area contributed by atoms with E-state index in [0.29, 0.717) is 36.6 Å². The van der Waals surface area contributed by atoms with Gasteiger partial charge in [-0.3, -0.25) is 4.79 Å². The number of rotatable bonds is 10. The quantitative estimate of drug-likeness (QED) is 0.590. The first kappa shape index (κ1) is 19.7. The molecule has 1 aliphatic rings. The molecule has 3 heterocycles. The Hall–Kier alpha value is -3.04. The number of amides is 1. The van der Waals surface area contributed by atoms with Gasteiger partial charge >= 0.3 is 0 Å². The fourth-order valence-electron chi connectivity index (χ4n) is 3.04. The van der Waals surface area contributed by atoms with Crippen LogP contribution in [0.3, 0.4) is 0 Å². The van der Waals surface area contributed by atoms with Crippen LogP contribution in [0.1, 0.15) is 33.1 Å². The van der Waals surface area contributed by atoms with Gasteiger partial charge in [-0.2, -0.15) is 15.0 Å². The Balaban J connectivity index is 1.66. The summed E-state index contributed by atoms with van der Waals surface area (Å²) < 4.78 is 0. The van der Waals surface area contributed by atoms with Gasteiger partial charge in [-0.05, 0) is 32.8 Å². The molecule has 0 atom stereocenters. The minimum absolute atomic E-state index is 0.250. The van der Waals surface area contributed by atoms with E-state index in [1.807, 2.05) is 4.90 Å². The van der Waals surface area contributed by atoms with Crippen LogP contribution in [-0.2, 0) is 4.79 Å². The van der Waals surface area contributed by atoms with E-state index in [1.54, 1.807) is 12.3 Å². The van der Waals surface area contributed by atoms with E-state index in [4.69, 9.17) is 0 Å². The summed E-state index contributed by atoms with van der Waals surface area (Å²) in [5.74, 6) is 2.40. The Kier molecular flexibility index (Phi) is 6.88. The Labute approximate surface area is 164 Å². The average Bonchev–Trinajstić information content (AvgIpc) is 3.12. The molecule has 1 fully saturated rings. The van der Waals surface area contributed by atoms with E-state index in [0.717, 1.165) is 39.0 Å². The van der Waals surface area contributed by atoms with Crippen molar-refractivity contribution >= 4 is 29.6 Å². The Morgan fingerprint density at radius 3 is 2.68 bits per heavy atom. The molecule has 2 aromatic rings. The van der Waals surface area contributed by atoms with Crippen LogP contribution < -0.4 is 15.5 Å². The molecule has 0 aromatic carbocycles. The van der Waals surface area contributed by atoms with Gasteiger partial charge in [-0.1, -0.05) is 0 Å². The summed E-state index contributed by atoms with van der Waals surface area (Å²) in [6, 6.07) is 1.75. The number of nitrogens with one attached hydrogen (secondary N) is 2. The molecule has 0 unspecified atom stereocenters. The third-order valence-electron chi connectivity index (χ3n) is 4.55. The van der Waals surface area contributed by atoms with Crippen molar-refractivity contribution in [2.75, 3.05) is 48.3 Å². The van der Waals surface area contributed by atoms with Gasteiger partial charge in [-0.25, -0.2) is 9.97 Å². The van der Waals surface area contributed by atoms with E-state index < -0.39 is 0 Å². The highest BCUT2D eigenvalue weighted by Crippen LogP contribution is 2.16. The maximum atomic E-state index is 11.7. The number of likely N-dealkylation sites (tertiary alicyclic amines) is 1. The third kappa shape index (κ3) is 5.24. The lowest BCUT2D eigenvalue weighted by atomic mass is 10.4. The lowest BCUT2D eigenvalue weighted by Gasteiger charge is -2.20. The van der Waals surface area contributed by atoms with Crippen LogP contribution in [0.4, 0.5) is 23.7 Å². The minimum atomic E-state index is 0.250. The minimum Gasteiger partial charge on any atom is -0.354 e. The molecular weight excluding hydrogens is 358 g/mol. The third-order valence-corrected chi connectivity index (χ3v) is 4.55. The van der Waals surface area contributed by atoms with Gasteiger partial charge in [0.1, 0.15) is 12.1 Å². The molecule has 150 valence electrons. The first-order valence-electron chi connectivity index (χ1n) is 9.75. The summed E-state index contributed by atoms with van der Waals surface area (Å²) in [4.78, 5) is 37.2. The molecule has 1 aliphatic heterocycles. The molecule has 0 spiro atoms. The zero-order valence-electron chi connectivity index (χ0n) is 16.4. The predicted molar refractivity (Wildman–Crippen MR) is 108 cm³/mol. The molecule has 2 N–H and O–H groups in total. The summed E-state index contributed by atoms with van der Waals surface area (Å²) in [5.41, 5.74) is 0. The van der Waals surface area contributed by atoms with E-state index in [-0.39, 0.29) is 5.91 Å². The summed E-state index contributed by atoms with van der Waals surface area (Å²) in [6.45, 7) is 8.01. The van der Waals surface area contributed by atoms with Crippen molar-refractivity contribution in [2.45, 2.75) is 33.1 Å². The zero-order chi connectivity index (χ0) is 19.8. The fraction of sp³-hybridized carbons (Fsp3) is 0.556. The van der Waals surface area contributed by atoms with Crippen molar-refractivity contribution in [1.82, 2.24) is 29.8 Å². The summed E-state index contributed by atoms with van der Waals surface area (Å²) in [6.07, 6.45) is 5.60. The lowest BCUT2D eigenvalue weighted by molar-refractivity contribution is -0.127. The molecule has 1 saturated heterocycles. The van der Waals surface area contributed by atoms with E-state index in [1.165, 1.54) is 6.33 Å². The van der Waals surface area contributed by atoms with Gasteiger partial charge in [0.15, 0.2) is 0 Å². The van der Waals surface area contributed by atoms with Gasteiger partial charge < -0.3 is 20.4 Å². The largest absolute Gasteiger partial charge is 0.354 e.